The van der Waals surface area contributed by atoms with Gasteiger partial charge in [-0.15, -0.1) is 0 Å². The van der Waals surface area contributed by atoms with Crippen molar-refractivity contribution in [1.82, 2.24) is 9.55 Å². The Balaban J connectivity index is 2.20. The first-order valence-electron chi connectivity index (χ1n) is 8.40. The average molecular weight is 377 g/mol. The van der Waals surface area contributed by atoms with E-state index in [2.05, 4.69) is 4.98 Å². The number of hydrogen-bond donors (Lipinski definition) is 2. The van der Waals surface area contributed by atoms with E-state index in [1.807, 2.05) is 20.8 Å². The zero-order valence-electron chi connectivity index (χ0n) is 14.6. The molecule has 25 heavy (non-hydrogen) atoms. The maximum Gasteiger partial charge on any atom is 0.351 e. The van der Waals surface area contributed by atoms with Gasteiger partial charge in [0.2, 0.25) is 6.23 Å². The first-order valence-corrected chi connectivity index (χ1v) is 10.9. The quantitative estimate of drug-likeness (QED) is 0.702. The summed E-state index contributed by atoms with van der Waals surface area (Å²) >= 11 is 0. The van der Waals surface area contributed by atoms with Crippen molar-refractivity contribution in [2.24, 2.45) is 0 Å². The minimum atomic E-state index is -3.65. The molecule has 142 valence electrons. The summed E-state index contributed by atoms with van der Waals surface area (Å²) in [6.07, 6.45) is -4.15. The summed E-state index contributed by atoms with van der Waals surface area (Å²) in [6, 6.07) is 3.78. The number of aromatic nitrogens is 2. The minimum Gasteiger partial charge on any atom is -0.414 e. The van der Waals surface area contributed by atoms with Crippen LogP contribution in [0.2, 0.25) is 18.1 Å². The van der Waals surface area contributed by atoms with E-state index in [1.54, 1.807) is 0 Å². The number of alkyl halides is 2. The highest BCUT2D eigenvalue weighted by atomic mass is 28.4. The van der Waals surface area contributed by atoms with Gasteiger partial charge in [0, 0.05) is 6.20 Å². The molecule has 3 atom stereocenters. The molecule has 0 spiro atoms. The Morgan fingerprint density at radius 1 is 1.40 bits per heavy atom. The Morgan fingerprint density at radius 2 is 2.00 bits per heavy atom. The summed E-state index contributed by atoms with van der Waals surface area (Å²) in [6.45, 7) is 5.92. The van der Waals surface area contributed by atoms with E-state index >= 15 is 0 Å². The van der Waals surface area contributed by atoms with Crippen LogP contribution in [0.15, 0.2) is 17.1 Å². The van der Waals surface area contributed by atoms with Gasteiger partial charge in [-0.3, -0.25) is 4.57 Å². The fraction of sp³-hybridized carbons (Fsp3) is 0.733. The molecule has 0 aliphatic carbocycles. The first-order chi connectivity index (χ1) is 11.7. The van der Waals surface area contributed by atoms with Crippen molar-refractivity contribution < 1.29 is 23.1 Å². The summed E-state index contributed by atoms with van der Waals surface area (Å²) in [7, 11) is -2.01. The summed E-state index contributed by atoms with van der Waals surface area (Å²) in [4.78, 5) is 15.3. The van der Waals surface area contributed by atoms with E-state index in [1.165, 1.54) is 6.07 Å². The molecule has 0 radical (unpaired) electrons. The highest BCUT2D eigenvalue weighted by molar-refractivity contribution is 6.73. The Labute approximate surface area is 145 Å². The maximum absolute atomic E-state index is 14.4. The van der Waals surface area contributed by atoms with E-state index in [0.717, 1.165) is 24.3 Å². The summed E-state index contributed by atoms with van der Waals surface area (Å²) < 4.78 is 40.8. The van der Waals surface area contributed by atoms with Crippen LogP contribution >= 0.6 is 0 Å². The second kappa shape index (κ2) is 7.48. The molecule has 2 heterocycles. The maximum atomic E-state index is 14.4. The van der Waals surface area contributed by atoms with Gasteiger partial charge in [0.1, 0.15) is 11.9 Å². The number of nitrogens with zero attached hydrogens (tertiary/aromatic N) is 2. The third kappa shape index (κ3) is 3.76. The topological polar surface area (TPSA) is 99.6 Å². The van der Waals surface area contributed by atoms with Gasteiger partial charge in [-0.25, -0.2) is 4.79 Å². The Morgan fingerprint density at radius 3 is 2.52 bits per heavy atom. The molecule has 1 aliphatic rings. The third-order valence-corrected chi connectivity index (χ3v) is 9.62. The van der Waals surface area contributed by atoms with E-state index < -0.39 is 38.4 Å². The van der Waals surface area contributed by atoms with E-state index in [0.29, 0.717) is 4.57 Å². The predicted octanol–water partition coefficient (Wildman–Crippen LogP) is 1.74. The molecule has 7 nitrogen and oxygen atoms in total. The fourth-order valence-electron chi connectivity index (χ4n) is 3.03. The van der Waals surface area contributed by atoms with Crippen molar-refractivity contribution in [1.29, 1.82) is 0 Å². The fourth-order valence-corrected chi connectivity index (χ4v) is 5.66. The van der Waals surface area contributed by atoms with Crippen LogP contribution in [0.4, 0.5) is 14.6 Å². The monoisotopic (exact) mass is 377 g/mol. The zero-order chi connectivity index (χ0) is 18.8. The molecular formula is C15H25F2N3O4Si. The molecule has 1 saturated heterocycles. The third-order valence-electron chi connectivity index (χ3n) is 4.97. The number of rotatable bonds is 7. The number of ether oxygens (including phenoxy) is 1. The number of anilines is 1. The van der Waals surface area contributed by atoms with Gasteiger partial charge in [0.15, 0.2) is 14.4 Å². The molecule has 10 heteroatoms. The highest BCUT2D eigenvalue weighted by Gasteiger charge is 2.60. The van der Waals surface area contributed by atoms with Gasteiger partial charge in [-0.1, -0.05) is 20.8 Å². The van der Waals surface area contributed by atoms with Gasteiger partial charge < -0.3 is 20.0 Å². The molecule has 0 amide bonds. The van der Waals surface area contributed by atoms with Gasteiger partial charge >= 0.3 is 11.6 Å². The smallest absolute Gasteiger partial charge is 0.351 e. The number of aliphatic hydroxyl groups excluding tert-OH is 1. The summed E-state index contributed by atoms with van der Waals surface area (Å²) in [5.41, 5.74) is 4.41. The van der Waals surface area contributed by atoms with Crippen molar-refractivity contribution in [3.8, 4) is 0 Å². The lowest BCUT2D eigenvalue weighted by atomic mass is 10.1. The first kappa shape index (κ1) is 20.0. The van der Waals surface area contributed by atoms with E-state index in [-0.39, 0.29) is 12.4 Å². The normalized spacial score (nSPS) is 26.1. The second-order valence-corrected chi connectivity index (χ2v) is 11.0. The van der Waals surface area contributed by atoms with Gasteiger partial charge in [-0.05, 0) is 24.2 Å². The Bertz CT molecular complexity index is 646. The molecule has 3 unspecified atom stereocenters. The molecule has 1 aromatic rings. The average Bonchev–Trinajstić information content (AvgIpc) is 2.80. The second-order valence-electron chi connectivity index (χ2n) is 6.24. The summed E-state index contributed by atoms with van der Waals surface area (Å²) in [5.74, 6) is -3.72. The lowest BCUT2D eigenvalue weighted by molar-refractivity contribution is -0.140. The van der Waals surface area contributed by atoms with Gasteiger partial charge in [0.05, 0.1) is 6.61 Å². The van der Waals surface area contributed by atoms with Gasteiger partial charge in [0.25, 0.3) is 0 Å². The van der Waals surface area contributed by atoms with Crippen LogP contribution in [0.25, 0.3) is 0 Å². The molecule has 3 N–H and O–H groups in total. The van der Waals surface area contributed by atoms with Crippen molar-refractivity contribution in [2.45, 2.75) is 63.3 Å². The van der Waals surface area contributed by atoms with Crippen molar-refractivity contribution >= 4 is 14.1 Å². The van der Waals surface area contributed by atoms with Crippen LogP contribution in [-0.2, 0) is 9.16 Å². The SMILES string of the molecule is CC[Si](CC)(CC)OCC1OC(n2ccc(N)nc2=O)C(F)(F)C1O. The number of nitrogen functional groups attached to an aromatic ring is 1. The van der Waals surface area contributed by atoms with Crippen molar-refractivity contribution in [3.05, 3.63) is 22.7 Å². The molecule has 1 aromatic heterocycles. The van der Waals surface area contributed by atoms with E-state index in [4.69, 9.17) is 14.9 Å². The predicted molar refractivity (Wildman–Crippen MR) is 90.9 cm³/mol. The molecule has 1 aliphatic heterocycles. The zero-order valence-corrected chi connectivity index (χ0v) is 15.6. The summed E-state index contributed by atoms with van der Waals surface area (Å²) in [5, 5.41) is 10.0. The number of nitrogens with two attached hydrogens (primary N) is 1. The molecule has 0 bridgehead atoms. The number of aliphatic hydroxyl groups is 1. The molecule has 1 fully saturated rings. The van der Waals surface area contributed by atoms with Crippen LogP contribution in [0.3, 0.4) is 0 Å². The molecule has 2 rings (SSSR count). The standard InChI is InChI=1S/C15H25F2N3O4Si/c1-4-25(5-2,6-3)23-9-10-12(21)15(16,17)13(24-10)20-8-7-11(18)19-14(20)22/h7-8,10,12-13,21H,4-6,9H2,1-3H3,(H2,18,19,22). The lowest BCUT2D eigenvalue weighted by Gasteiger charge is -2.29. The molecular weight excluding hydrogens is 352 g/mol. The van der Waals surface area contributed by atoms with Crippen molar-refractivity contribution in [3.63, 3.8) is 0 Å². The largest absolute Gasteiger partial charge is 0.414 e. The van der Waals surface area contributed by atoms with Crippen molar-refractivity contribution in [2.75, 3.05) is 12.3 Å². The van der Waals surface area contributed by atoms with Crippen LogP contribution in [0, 0.1) is 0 Å². The number of hydrogen-bond acceptors (Lipinski definition) is 6. The Hall–Kier alpha value is -1.36. The van der Waals surface area contributed by atoms with Crippen LogP contribution in [0.1, 0.15) is 27.0 Å². The lowest BCUT2D eigenvalue weighted by Crippen LogP contribution is -2.44. The molecule has 0 aromatic carbocycles. The van der Waals surface area contributed by atoms with Crippen LogP contribution < -0.4 is 11.4 Å². The van der Waals surface area contributed by atoms with Crippen LogP contribution in [0.5, 0.6) is 0 Å². The number of halogens is 2. The Kier molecular flexibility index (Phi) is 5.97. The van der Waals surface area contributed by atoms with E-state index in [9.17, 15) is 18.7 Å². The minimum absolute atomic E-state index is 0.0763. The van der Waals surface area contributed by atoms with Gasteiger partial charge in [-0.2, -0.15) is 13.8 Å². The van der Waals surface area contributed by atoms with Crippen LogP contribution in [-0.4, -0.2) is 47.7 Å². The highest BCUT2D eigenvalue weighted by Crippen LogP contribution is 2.42. The molecule has 0 saturated carbocycles.